The first-order valence-electron chi connectivity index (χ1n) is 7.07. The minimum absolute atomic E-state index is 0.00477. The first kappa shape index (κ1) is 15.8. The fraction of sp³-hybridized carbons (Fsp3) is 0.600. The number of benzene rings is 1. The Kier molecular flexibility index (Phi) is 4.56. The van der Waals surface area contributed by atoms with Gasteiger partial charge in [-0.3, -0.25) is 0 Å². The number of rotatable bonds is 6. The standard InChI is InChI=1S/C15H20F2O4/c1-4-5-10(18)8-19-12-7-14-13(6-11(12)9(2)3)20-15(16,17)21-14/h6-7,9-10,18H,4-5,8H2,1-3H3/t10-/m1/s1. The molecule has 1 aromatic rings. The molecule has 0 saturated heterocycles. The Bertz CT molecular complexity index is 503. The summed E-state index contributed by atoms with van der Waals surface area (Å²) in [6, 6.07) is 2.90. The van der Waals surface area contributed by atoms with Crippen molar-refractivity contribution >= 4 is 0 Å². The lowest BCUT2D eigenvalue weighted by Crippen LogP contribution is -2.25. The molecule has 1 heterocycles. The van der Waals surface area contributed by atoms with Crippen LogP contribution in [0.1, 0.15) is 45.1 Å². The summed E-state index contributed by atoms with van der Waals surface area (Å²) >= 11 is 0. The summed E-state index contributed by atoms with van der Waals surface area (Å²) in [5.41, 5.74) is 0.735. The van der Waals surface area contributed by atoms with Gasteiger partial charge in [0.05, 0.1) is 6.10 Å². The Labute approximate surface area is 122 Å². The lowest BCUT2D eigenvalue weighted by molar-refractivity contribution is -0.286. The molecule has 4 nitrogen and oxygen atoms in total. The van der Waals surface area contributed by atoms with Gasteiger partial charge >= 0.3 is 6.29 Å². The summed E-state index contributed by atoms with van der Waals surface area (Å²) in [5.74, 6) is 0.446. The van der Waals surface area contributed by atoms with Crippen LogP contribution in [-0.4, -0.2) is 24.1 Å². The van der Waals surface area contributed by atoms with Crippen molar-refractivity contribution in [2.45, 2.75) is 51.9 Å². The minimum Gasteiger partial charge on any atom is -0.490 e. The van der Waals surface area contributed by atoms with Crippen molar-refractivity contribution in [1.29, 1.82) is 0 Å². The van der Waals surface area contributed by atoms with Gasteiger partial charge in [0, 0.05) is 11.6 Å². The summed E-state index contributed by atoms with van der Waals surface area (Å²) < 4.78 is 40.6. The normalized spacial score (nSPS) is 17.1. The molecule has 1 aliphatic heterocycles. The van der Waals surface area contributed by atoms with Crippen LogP contribution in [-0.2, 0) is 0 Å². The number of ether oxygens (including phenoxy) is 3. The second kappa shape index (κ2) is 6.05. The molecular formula is C15H20F2O4. The van der Waals surface area contributed by atoms with E-state index in [2.05, 4.69) is 9.47 Å². The maximum Gasteiger partial charge on any atom is 0.586 e. The van der Waals surface area contributed by atoms with Crippen LogP contribution in [0.2, 0.25) is 0 Å². The predicted molar refractivity (Wildman–Crippen MR) is 73.1 cm³/mol. The molecule has 6 heteroatoms. The van der Waals surface area contributed by atoms with Crippen LogP contribution in [0.4, 0.5) is 8.78 Å². The van der Waals surface area contributed by atoms with E-state index in [-0.39, 0.29) is 24.0 Å². The largest absolute Gasteiger partial charge is 0.586 e. The van der Waals surface area contributed by atoms with Crippen molar-refractivity contribution in [2.75, 3.05) is 6.61 Å². The molecule has 0 aliphatic carbocycles. The van der Waals surface area contributed by atoms with Gasteiger partial charge in [0.25, 0.3) is 0 Å². The molecule has 0 aromatic heterocycles. The van der Waals surface area contributed by atoms with E-state index in [1.807, 2.05) is 20.8 Å². The van der Waals surface area contributed by atoms with Crippen LogP contribution >= 0.6 is 0 Å². The van der Waals surface area contributed by atoms with E-state index in [9.17, 15) is 13.9 Å². The molecule has 118 valence electrons. The van der Waals surface area contributed by atoms with Gasteiger partial charge in [-0.2, -0.15) is 0 Å². The summed E-state index contributed by atoms with van der Waals surface area (Å²) in [7, 11) is 0. The SMILES string of the molecule is CCC[C@@H](O)COc1cc2c(cc1C(C)C)OC(F)(F)O2. The smallest absolute Gasteiger partial charge is 0.490 e. The quantitative estimate of drug-likeness (QED) is 0.871. The molecule has 1 aliphatic rings. The average molecular weight is 302 g/mol. The van der Waals surface area contributed by atoms with Gasteiger partial charge in [0.1, 0.15) is 12.4 Å². The van der Waals surface area contributed by atoms with Crippen molar-refractivity contribution in [3.63, 3.8) is 0 Å². The fourth-order valence-electron chi connectivity index (χ4n) is 2.17. The van der Waals surface area contributed by atoms with E-state index in [0.29, 0.717) is 12.2 Å². The molecule has 2 rings (SSSR count). The van der Waals surface area contributed by atoms with Crippen LogP contribution in [0.15, 0.2) is 12.1 Å². The first-order chi connectivity index (χ1) is 9.82. The molecule has 0 unspecified atom stereocenters. The topological polar surface area (TPSA) is 47.9 Å². The summed E-state index contributed by atoms with van der Waals surface area (Å²) in [4.78, 5) is 0. The lowest BCUT2D eigenvalue weighted by Gasteiger charge is -2.17. The number of alkyl halides is 2. The van der Waals surface area contributed by atoms with Gasteiger partial charge in [0.15, 0.2) is 11.5 Å². The van der Waals surface area contributed by atoms with Crippen LogP contribution in [0.3, 0.4) is 0 Å². The third-order valence-corrected chi connectivity index (χ3v) is 3.21. The van der Waals surface area contributed by atoms with Crippen LogP contribution in [0.25, 0.3) is 0 Å². The van der Waals surface area contributed by atoms with Gasteiger partial charge in [-0.15, -0.1) is 8.78 Å². The minimum atomic E-state index is -3.64. The van der Waals surface area contributed by atoms with Crippen molar-refractivity contribution in [2.24, 2.45) is 0 Å². The number of aliphatic hydroxyl groups is 1. The third-order valence-electron chi connectivity index (χ3n) is 3.21. The van der Waals surface area contributed by atoms with Crippen molar-refractivity contribution in [1.82, 2.24) is 0 Å². The Morgan fingerprint density at radius 3 is 2.43 bits per heavy atom. The van der Waals surface area contributed by atoms with Gasteiger partial charge in [-0.25, -0.2) is 0 Å². The molecule has 0 bridgehead atoms. The zero-order valence-electron chi connectivity index (χ0n) is 12.4. The van der Waals surface area contributed by atoms with Gasteiger partial charge in [-0.1, -0.05) is 27.2 Å². The van der Waals surface area contributed by atoms with Crippen LogP contribution in [0.5, 0.6) is 17.2 Å². The molecule has 21 heavy (non-hydrogen) atoms. The Morgan fingerprint density at radius 2 is 1.86 bits per heavy atom. The fourth-order valence-corrected chi connectivity index (χ4v) is 2.17. The maximum absolute atomic E-state index is 13.1. The van der Waals surface area contributed by atoms with Crippen molar-refractivity contribution < 1.29 is 28.1 Å². The third kappa shape index (κ3) is 3.75. The number of hydrogen-bond acceptors (Lipinski definition) is 4. The number of fused-ring (bicyclic) bond motifs is 1. The number of aliphatic hydroxyl groups excluding tert-OH is 1. The van der Waals surface area contributed by atoms with E-state index in [4.69, 9.17) is 4.74 Å². The molecular weight excluding hydrogens is 282 g/mol. The summed E-state index contributed by atoms with van der Waals surface area (Å²) in [5, 5.41) is 9.72. The van der Waals surface area contributed by atoms with E-state index in [0.717, 1.165) is 12.0 Å². The lowest BCUT2D eigenvalue weighted by atomic mass is 10.0. The van der Waals surface area contributed by atoms with E-state index >= 15 is 0 Å². The van der Waals surface area contributed by atoms with Crippen molar-refractivity contribution in [3.8, 4) is 17.2 Å². The van der Waals surface area contributed by atoms with Gasteiger partial charge in [-0.05, 0) is 18.4 Å². The first-order valence-corrected chi connectivity index (χ1v) is 7.07. The van der Waals surface area contributed by atoms with Crippen molar-refractivity contribution in [3.05, 3.63) is 17.7 Å². The summed E-state index contributed by atoms with van der Waals surface area (Å²) in [6.45, 7) is 5.92. The monoisotopic (exact) mass is 302 g/mol. The van der Waals surface area contributed by atoms with E-state index in [1.54, 1.807) is 0 Å². The predicted octanol–water partition coefficient (Wildman–Crippen LogP) is 3.67. The molecule has 0 saturated carbocycles. The Hall–Kier alpha value is -1.56. The Morgan fingerprint density at radius 1 is 1.24 bits per heavy atom. The molecule has 1 atom stereocenters. The van der Waals surface area contributed by atoms with E-state index in [1.165, 1.54) is 12.1 Å². The molecule has 1 N–H and O–H groups in total. The molecule has 0 spiro atoms. The molecule has 1 aromatic carbocycles. The highest BCUT2D eigenvalue weighted by molar-refractivity contribution is 5.53. The highest BCUT2D eigenvalue weighted by Gasteiger charge is 2.44. The number of halogens is 2. The highest BCUT2D eigenvalue weighted by atomic mass is 19.3. The van der Waals surface area contributed by atoms with Gasteiger partial charge < -0.3 is 19.3 Å². The zero-order valence-corrected chi connectivity index (χ0v) is 12.4. The zero-order chi connectivity index (χ0) is 15.6. The molecule has 0 fully saturated rings. The van der Waals surface area contributed by atoms with E-state index < -0.39 is 12.4 Å². The number of hydrogen-bond donors (Lipinski definition) is 1. The van der Waals surface area contributed by atoms with Gasteiger partial charge in [0.2, 0.25) is 0 Å². The second-order valence-corrected chi connectivity index (χ2v) is 5.41. The molecule has 0 amide bonds. The Balaban J connectivity index is 2.20. The second-order valence-electron chi connectivity index (χ2n) is 5.41. The highest BCUT2D eigenvalue weighted by Crippen LogP contribution is 2.46. The van der Waals surface area contributed by atoms with Crippen LogP contribution in [0, 0.1) is 0 Å². The van der Waals surface area contributed by atoms with Crippen LogP contribution < -0.4 is 14.2 Å². The average Bonchev–Trinajstić information content (AvgIpc) is 2.68. The summed E-state index contributed by atoms with van der Waals surface area (Å²) in [6.07, 6.45) is -2.76. The molecule has 0 radical (unpaired) electrons. The maximum atomic E-state index is 13.1.